The van der Waals surface area contributed by atoms with E-state index in [1.807, 2.05) is 0 Å². The van der Waals surface area contributed by atoms with Crippen LogP contribution in [-0.4, -0.2) is 23.3 Å². The summed E-state index contributed by atoms with van der Waals surface area (Å²) in [5.74, 6) is 0. The van der Waals surface area contributed by atoms with Crippen LogP contribution in [0.1, 0.15) is 38.5 Å². The van der Waals surface area contributed by atoms with Gasteiger partial charge in [-0.25, -0.2) is 0 Å². The van der Waals surface area contributed by atoms with Crippen molar-refractivity contribution < 1.29 is 0 Å². The summed E-state index contributed by atoms with van der Waals surface area (Å²) in [6.07, 6.45) is 7.21. The first-order valence-electron chi connectivity index (χ1n) is 5.69. The molecule has 0 saturated heterocycles. The van der Waals surface area contributed by atoms with Crippen molar-refractivity contribution in [3.63, 3.8) is 0 Å². The monoisotopic (exact) mass is 262 g/mol. The molecule has 0 bridgehead atoms. The van der Waals surface area contributed by atoms with E-state index in [1.165, 1.54) is 25.7 Å². The van der Waals surface area contributed by atoms with Gasteiger partial charge in [0.2, 0.25) is 0 Å². The molecule has 0 aliphatic heterocycles. The highest BCUT2D eigenvalue weighted by Gasteiger charge is 1.92. The number of hydrogen-bond donors (Lipinski definition) is 4. The molecule has 0 amide bonds. The average Bonchev–Trinajstić information content (AvgIpc) is 2.20. The largest absolute Gasteiger partial charge is 0.376 e. The third kappa shape index (κ3) is 13.4. The molecule has 0 aliphatic carbocycles. The molecule has 0 aliphatic rings. The standard InChI is InChI=1S/C10H22N4S2/c11-9(15)13-7-5-3-1-2-4-6-8-14-10(12)16/h1-8H2,(H3,11,13,15)(H3,12,14,16). The van der Waals surface area contributed by atoms with Crippen molar-refractivity contribution in [3.8, 4) is 0 Å². The van der Waals surface area contributed by atoms with Gasteiger partial charge >= 0.3 is 0 Å². The highest BCUT2D eigenvalue weighted by atomic mass is 32.1. The zero-order valence-corrected chi connectivity index (χ0v) is 11.3. The van der Waals surface area contributed by atoms with E-state index in [1.54, 1.807) is 0 Å². The molecule has 0 unspecified atom stereocenters. The van der Waals surface area contributed by atoms with Crippen LogP contribution >= 0.6 is 24.4 Å². The van der Waals surface area contributed by atoms with E-state index in [2.05, 4.69) is 10.6 Å². The van der Waals surface area contributed by atoms with Gasteiger partial charge in [-0.15, -0.1) is 0 Å². The molecule has 0 saturated carbocycles. The SMILES string of the molecule is NC(=S)NCCCCCCCCNC(N)=S. The van der Waals surface area contributed by atoms with Crippen LogP contribution in [0.15, 0.2) is 0 Å². The van der Waals surface area contributed by atoms with Gasteiger partial charge in [0.05, 0.1) is 0 Å². The lowest BCUT2D eigenvalue weighted by molar-refractivity contribution is 0.586. The van der Waals surface area contributed by atoms with Gasteiger partial charge in [-0.05, 0) is 37.3 Å². The summed E-state index contributed by atoms with van der Waals surface area (Å²) >= 11 is 9.41. The molecule has 0 aromatic heterocycles. The first-order valence-corrected chi connectivity index (χ1v) is 6.51. The molecular formula is C10H22N4S2. The third-order valence-corrected chi connectivity index (χ3v) is 2.49. The predicted octanol–water partition coefficient (Wildman–Crippen LogP) is 0.993. The minimum atomic E-state index is 0.392. The van der Waals surface area contributed by atoms with Crippen LogP contribution in [0.25, 0.3) is 0 Å². The Morgan fingerprint density at radius 3 is 1.31 bits per heavy atom. The summed E-state index contributed by atoms with van der Waals surface area (Å²) in [5, 5.41) is 6.67. The fourth-order valence-corrected chi connectivity index (χ4v) is 1.58. The van der Waals surface area contributed by atoms with Crippen LogP contribution < -0.4 is 22.1 Å². The minimum Gasteiger partial charge on any atom is -0.376 e. The molecule has 6 heteroatoms. The van der Waals surface area contributed by atoms with Crippen LogP contribution in [0.3, 0.4) is 0 Å². The van der Waals surface area contributed by atoms with E-state index in [9.17, 15) is 0 Å². The number of unbranched alkanes of at least 4 members (excludes halogenated alkanes) is 5. The molecule has 0 aromatic rings. The zero-order valence-electron chi connectivity index (χ0n) is 9.63. The zero-order chi connectivity index (χ0) is 12.2. The summed E-state index contributed by atoms with van der Waals surface area (Å²) in [7, 11) is 0. The van der Waals surface area contributed by atoms with Crippen molar-refractivity contribution in [3.05, 3.63) is 0 Å². The van der Waals surface area contributed by atoms with Gasteiger partial charge in [-0.1, -0.05) is 25.7 Å². The van der Waals surface area contributed by atoms with Crippen LogP contribution in [-0.2, 0) is 0 Å². The van der Waals surface area contributed by atoms with Gasteiger partial charge in [-0.3, -0.25) is 0 Å². The molecule has 4 nitrogen and oxygen atoms in total. The summed E-state index contributed by atoms with van der Waals surface area (Å²) in [4.78, 5) is 0. The molecular weight excluding hydrogens is 240 g/mol. The second-order valence-electron chi connectivity index (χ2n) is 3.70. The maximum absolute atomic E-state index is 5.31. The smallest absolute Gasteiger partial charge is 0.163 e. The number of thiocarbonyl (C=S) groups is 2. The number of hydrogen-bond acceptors (Lipinski definition) is 2. The first kappa shape index (κ1) is 15.4. The Morgan fingerprint density at radius 1 is 0.688 bits per heavy atom. The lowest BCUT2D eigenvalue weighted by Crippen LogP contribution is -2.29. The average molecular weight is 262 g/mol. The van der Waals surface area contributed by atoms with E-state index < -0.39 is 0 Å². The van der Waals surface area contributed by atoms with E-state index in [4.69, 9.17) is 35.9 Å². The molecule has 0 aromatic carbocycles. The fraction of sp³-hybridized carbons (Fsp3) is 0.800. The van der Waals surface area contributed by atoms with Gasteiger partial charge in [0.15, 0.2) is 10.2 Å². The normalized spacial score (nSPS) is 9.75. The lowest BCUT2D eigenvalue weighted by Gasteiger charge is -2.04. The Bertz CT molecular complexity index is 187. The minimum absolute atomic E-state index is 0.392. The highest BCUT2D eigenvalue weighted by Crippen LogP contribution is 2.04. The summed E-state index contributed by atoms with van der Waals surface area (Å²) < 4.78 is 0. The molecule has 0 spiro atoms. The van der Waals surface area contributed by atoms with E-state index in [-0.39, 0.29) is 0 Å². The molecule has 0 heterocycles. The highest BCUT2D eigenvalue weighted by molar-refractivity contribution is 7.80. The van der Waals surface area contributed by atoms with Crippen LogP contribution in [0, 0.1) is 0 Å². The van der Waals surface area contributed by atoms with Gasteiger partial charge < -0.3 is 22.1 Å². The van der Waals surface area contributed by atoms with Gasteiger partial charge in [0.25, 0.3) is 0 Å². The van der Waals surface area contributed by atoms with E-state index in [0.717, 1.165) is 25.9 Å². The van der Waals surface area contributed by atoms with Crippen LogP contribution in [0.4, 0.5) is 0 Å². The summed E-state index contributed by atoms with van der Waals surface area (Å²) in [6, 6.07) is 0. The van der Waals surface area contributed by atoms with Crippen molar-refractivity contribution in [2.24, 2.45) is 11.5 Å². The van der Waals surface area contributed by atoms with Crippen molar-refractivity contribution in [1.82, 2.24) is 10.6 Å². The fourth-order valence-electron chi connectivity index (χ4n) is 1.38. The molecule has 0 atom stereocenters. The first-order chi connectivity index (χ1) is 7.63. The molecule has 6 N–H and O–H groups in total. The van der Waals surface area contributed by atoms with E-state index in [0.29, 0.717) is 10.2 Å². The topological polar surface area (TPSA) is 76.1 Å². The van der Waals surface area contributed by atoms with Gasteiger partial charge in [0.1, 0.15) is 0 Å². The molecule has 16 heavy (non-hydrogen) atoms. The molecule has 0 rings (SSSR count). The van der Waals surface area contributed by atoms with E-state index >= 15 is 0 Å². The maximum atomic E-state index is 5.31. The second-order valence-corrected chi connectivity index (χ2v) is 4.58. The Morgan fingerprint density at radius 2 is 1.00 bits per heavy atom. The summed E-state index contributed by atoms with van der Waals surface area (Å²) in [5.41, 5.74) is 10.6. The Labute approximate surface area is 109 Å². The summed E-state index contributed by atoms with van der Waals surface area (Å²) in [6.45, 7) is 1.77. The number of nitrogens with two attached hydrogens (primary N) is 2. The Balaban J connectivity index is 2.98. The maximum Gasteiger partial charge on any atom is 0.163 e. The number of nitrogens with one attached hydrogen (secondary N) is 2. The van der Waals surface area contributed by atoms with Crippen molar-refractivity contribution in [2.75, 3.05) is 13.1 Å². The van der Waals surface area contributed by atoms with Crippen LogP contribution in [0.2, 0.25) is 0 Å². The van der Waals surface area contributed by atoms with Gasteiger partial charge in [0, 0.05) is 13.1 Å². The third-order valence-electron chi connectivity index (χ3n) is 2.20. The van der Waals surface area contributed by atoms with Crippen molar-refractivity contribution in [2.45, 2.75) is 38.5 Å². The van der Waals surface area contributed by atoms with Gasteiger partial charge in [-0.2, -0.15) is 0 Å². The second kappa shape index (κ2) is 10.9. The quantitative estimate of drug-likeness (QED) is 0.367. The number of rotatable bonds is 9. The van der Waals surface area contributed by atoms with Crippen molar-refractivity contribution in [1.29, 1.82) is 0 Å². The predicted molar refractivity (Wildman–Crippen MR) is 77.3 cm³/mol. The Kier molecular flexibility index (Phi) is 10.5. The Hall–Kier alpha value is -0.620. The lowest BCUT2D eigenvalue weighted by atomic mass is 10.1. The van der Waals surface area contributed by atoms with Crippen LogP contribution in [0.5, 0.6) is 0 Å². The van der Waals surface area contributed by atoms with Crippen molar-refractivity contribution >= 4 is 34.7 Å². The molecule has 94 valence electrons. The molecule has 0 fully saturated rings. The molecule has 0 radical (unpaired) electrons.